The van der Waals surface area contributed by atoms with Gasteiger partial charge in [-0.1, -0.05) is 31.4 Å². The van der Waals surface area contributed by atoms with Crippen LogP contribution in [0.15, 0.2) is 29.3 Å². The van der Waals surface area contributed by atoms with E-state index < -0.39 is 0 Å². The first kappa shape index (κ1) is 23.5. The van der Waals surface area contributed by atoms with Crippen molar-refractivity contribution in [3.63, 3.8) is 0 Å². The summed E-state index contributed by atoms with van der Waals surface area (Å²) in [5.41, 5.74) is 1.96. The number of anilines is 1. The lowest BCUT2D eigenvalue weighted by Crippen LogP contribution is -2.40. The van der Waals surface area contributed by atoms with Gasteiger partial charge in [-0.25, -0.2) is 4.99 Å². The number of guanidine groups is 1. The lowest BCUT2D eigenvalue weighted by Gasteiger charge is -2.26. The third-order valence-electron chi connectivity index (χ3n) is 5.98. The Bertz CT molecular complexity index is 697. The highest BCUT2D eigenvalue weighted by atomic mass is 16.5. The average Bonchev–Trinajstić information content (AvgIpc) is 2.81. The number of ether oxygens (including phenoxy) is 1. The smallest absolute Gasteiger partial charge is 0.227 e. The number of morpholine rings is 1. The lowest BCUT2D eigenvalue weighted by atomic mass is 9.88. The molecule has 2 fully saturated rings. The second-order valence-corrected chi connectivity index (χ2v) is 8.45. The minimum atomic E-state index is 0.163. The van der Waals surface area contributed by atoms with Gasteiger partial charge in [0.2, 0.25) is 5.91 Å². The molecule has 2 aliphatic rings. The molecule has 3 rings (SSSR count). The highest BCUT2D eigenvalue weighted by Crippen LogP contribution is 2.25. The third kappa shape index (κ3) is 8.50. The van der Waals surface area contributed by atoms with Crippen molar-refractivity contribution in [1.29, 1.82) is 0 Å². The molecule has 7 heteroatoms. The molecule has 1 aliphatic carbocycles. The van der Waals surface area contributed by atoms with Gasteiger partial charge in [0.25, 0.3) is 0 Å². The summed E-state index contributed by atoms with van der Waals surface area (Å²) in [6, 6.07) is 8.04. The summed E-state index contributed by atoms with van der Waals surface area (Å²) in [7, 11) is 0. The molecule has 0 unspecified atom stereocenters. The molecule has 1 aliphatic heterocycles. The summed E-state index contributed by atoms with van der Waals surface area (Å²) < 4.78 is 5.40. The van der Waals surface area contributed by atoms with E-state index in [1.165, 1.54) is 19.3 Å². The Hall–Kier alpha value is -2.12. The predicted molar refractivity (Wildman–Crippen MR) is 126 cm³/mol. The van der Waals surface area contributed by atoms with Crippen molar-refractivity contribution in [1.82, 2.24) is 15.5 Å². The van der Waals surface area contributed by atoms with Crippen molar-refractivity contribution in [3.8, 4) is 0 Å². The first-order valence-corrected chi connectivity index (χ1v) is 12.0. The SMILES string of the molecule is CCNC(=NCc1cccc(NC(=O)C2CCCCC2)c1)NCCCN1CCOCC1. The molecule has 172 valence electrons. The van der Waals surface area contributed by atoms with E-state index in [0.717, 1.165) is 82.4 Å². The van der Waals surface area contributed by atoms with Crippen LogP contribution in [0.25, 0.3) is 0 Å². The number of nitrogens with one attached hydrogen (secondary N) is 3. The number of rotatable bonds is 9. The molecule has 31 heavy (non-hydrogen) atoms. The maximum atomic E-state index is 12.5. The number of aliphatic imine (C=N–C) groups is 1. The number of nitrogens with zero attached hydrogens (tertiary/aromatic N) is 2. The standard InChI is InChI=1S/C24H39N5O2/c1-2-25-24(26-12-7-13-29-14-16-31-17-15-29)27-19-20-8-6-11-22(18-20)28-23(30)21-9-4-3-5-10-21/h6,8,11,18,21H,2-5,7,9-10,12-17,19H2,1H3,(H,28,30)(H2,25,26,27). The topological polar surface area (TPSA) is 78.0 Å². The summed E-state index contributed by atoms with van der Waals surface area (Å²) in [6.45, 7) is 9.20. The van der Waals surface area contributed by atoms with Gasteiger partial charge in [-0.3, -0.25) is 9.69 Å². The van der Waals surface area contributed by atoms with Gasteiger partial charge in [0.05, 0.1) is 19.8 Å². The van der Waals surface area contributed by atoms with Crippen molar-refractivity contribution in [2.75, 3.05) is 51.3 Å². The fourth-order valence-electron chi connectivity index (χ4n) is 4.20. The van der Waals surface area contributed by atoms with Gasteiger partial charge in [0, 0.05) is 37.8 Å². The summed E-state index contributed by atoms with van der Waals surface area (Å²) in [4.78, 5) is 19.7. The van der Waals surface area contributed by atoms with E-state index in [9.17, 15) is 4.79 Å². The molecule has 0 spiro atoms. The minimum absolute atomic E-state index is 0.163. The van der Waals surface area contributed by atoms with E-state index in [4.69, 9.17) is 9.73 Å². The number of hydrogen-bond acceptors (Lipinski definition) is 4. The van der Waals surface area contributed by atoms with Crippen LogP contribution in [0.5, 0.6) is 0 Å². The van der Waals surface area contributed by atoms with Crippen LogP contribution in [0.3, 0.4) is 0 Å². The minimum Gasteiger partial charge on any atom is -0.379 e. The van der Waals surface area contributed by atoms with E-state index in [1.807, 2.05) is 18.2 Å². The molecular formula is C24H39N5O2. The van der Waals surface area contributed by atoms with Crippen molar-refractivity contribution in [2.45, 2.75) is 52.0 Å². The fourth-order valence-corrected chi connectivity index (χ4v) is 4.20. The zero-order chi connectivity index (χ0) is 21.7. The summed E-state index contributed by atoms with van der Waals surface area (Å²) in [5, 5.41) is 9.85. The van der Waals surface area contributed by atoms with E-state index >= 15 is 0 Å². The molecule has 0 aromatic heterocycles. The fraction of sp³-hybridized carbons (Fsp3) is 0.667. The Morgan fingerprint density at radius 1 is 1.16 bits per heavy atom. The molecule has 3 N–H and O–H groups in total. The first-order chi connectivity index (χ1) is 15.2. The van der Waals surface area contributed by atoms with Crippen LogP contribution in [-0.2, 0) is 16.1 Å². The maximum Gasteiger partial charge on any atom is 0.227 e. The average molecular weight is 430 g/mol. The Labute approximate surface area is 187 Å². The molecule has 0 atom stereocenters. The van der Waals surface area contributed by atoms with Crippen molar-refractivity contribution < 1.29 is 9.53 Å². The van der Waals surface area contributed by atoms with E-state index in [0.29, 0.717) is 6.54 Å². The van der Waals surface area contributed by atoms with Crippen LogP contribution in [-0.4, -0.2) is 62.7 Å². The van der Waals surface area contributed by atoms with Gasteiger partial charge in [0.15, 0.2) is 5.96 Å². The number of carbonyl (C=O) groups excluding carboxylic acids is 1. The summed E-state index contributed by atoms with van der Waals surface area (Å²) in [5.74, 6) is 1.16. The zero-order valence-electron chi connectivity index (χ0n) is 19.0. The van der Waals surface area contributed by atoms with Gasteiger partial charge in [-0.15, -0.1) is 0 Å². The number of hydrogen-bond donors (Lipinski definition) is 3. The van der Waals surface area contributed by atoms with Crippen molar-refractivity contribution >= 4 is 17.6 Å². The molecule has 1 amide bonds. The molecule has 1 saturated carbocycles. The second kappa shape index (κ2) is 13.3. The molecule has 7 nitrogen and oxygen atoms in total. The normalized spacial score (nSPS) is 18.5. The highest BCUT2D eigenvalue weighted by molar-refractivity contribution is 5.92. The number of benzene rings is 1. The molecule has 0 radical (unpaired) electrons. The first-order valence-electron chi connectivity index (χ1n) is 12.0. The van der Waals surface area contributed by atoms with E-state index in [1.54, 1.807) is 0 Å². The number of amides is 1. The summed E-state index contributed by atoms with van der Waals surface area (Å²) in [6.07, 6.45) is 6.69. The molecule has 1 aromatic carbocycles. The molecule has 0 bridgehead atoms. The zero-order valence-corrected chi connectivity index (χ0v) is 19.0. The Morgan fingerprint density at radius 3 is 2.74 bits per heavy atom. The van der Waals surface area contributed by atoms with Crippen LogP contribution < -0.4 is 16.0 Å². The number of carbonyl (C=O) groups is 1. The van der Waals surface area contributed by atoms with Gasteiger partial charge >= 0.3 is 0 Å². The molecule has 1 aromatic rings. The Morgan fingerprint density at radius 2 is 1.97 bits per heavy atom. The van der Waals surface area contributed by atoms with E-state index in [2.05, 4.69) is 33.8 Å². The van der Waals surface area contributed by atoms with Crippen LogP contribution in [0.4, 0.5) is 5.69 Å². The monoisotopic (exact) mass is 429 g/mol. The van der Waals surface area contributed by atoms with Gasteiger partial charge in [-0.2, -0.15) is 0 Å². The van der Waals surface area contributed by atoms with E-state index in [-0.39, 0.29) is 11.8 Å². The second-order valence-electron chi connectivity index (χ2n) is 8.45. The molecular weight excluding hydrogens is 390 g/mol. The Kier molecular flexibility index (Phi) is 10.1. The maximum absolute atomic E-state index is 12.5. The van der Waals surface area contributed by atoms with Gasteiger partial charge < -0.3 is 20.7 Å². The van der Waals surface area contributed by atoms with Crippen LogP contribution >= 0.6 is 0 Å². The van der Waals surface area contributed by atoms with Crippen molar-refractivity contribution in [3.05, 3.63) is 29.8 Å². The van der Waals surface area contributed by atoms with Crippen molar-refractivity contribution in [2.24, 2.45) is 10.9 Å². The highest BCUT2D eigenvalue weighted by Gasteiger charge is 2.21. The van der Waals surface area contributed by atoms with Crippen LogP contribution in [0.1, 0.15) is 51.0 Å². The summed E-state index contributed by atoms with van der Waals surface area (Å²) >= 11 is 0. The molecule has 1 heterocycles. The van der Waals surface area contributed by atoms with Gasteiger partial charge in [-0.05, 0) is 50.4 Å². The van der Waals surface area contributed by atoms with Crippen LogP contribution in [0.2, 0.25) is 0 Å². The quantitative estimate of drug-likeness (QED) is 0.320. The largest absolute Gasteiger partial charge is 0.379 e. The lowest BCUT2D eigenvalue weighted by molar-refractivity contribution is -0.120. The van der Waals surface area contributed by atoms with Crippen LogP contribution in [0, 0.1) is 5.92 Å². The third-order valence-corrected chi connectivity index (χ3v) is 5.98. The molecule has 1 saturated heterocycles. The Balaban J connectivity index is 1.45. The van der Waals surface area contributed by atoms with Gasteiger partial charge in [0.1, 0.15) is 0 Å². The predicted octanol–water partition coefficient (Wildman–Crippen LogP) is 2.98.